The van der Waals surface area contributed by atoms with Gasteiger partial charge in [0.05, 0.1) is 6.26 Å². The first-order valence-corrected chi connectivity index (χ1v) is 11.8. The number of fused-ring (bicyclic) bond motifs is 2. The van der Waals surface area contributed by atoms with Gasteiger partial charge in [-0.2, -0.15) is 0 Å². The van der Waals surface area contributed by atoms with Crippen LogP contribution in [0.1, 0.15) is 30.0 Å². The van der Waals surface area contributed by atoms with Gasteiger partial charge in [0.2, 0.25) is 0 Å². The number of ether oxygens (including phenoxy) is 3. The van der Waals surface area contributed by atoms with Gasteiger partial charge < -0.3 is 19.3 Å². The van der Waals surface area contributed by atoms with E-state index < -0.39 is 11.8 Å². The van der Waals surface area contributed by atoms with E-state index in [1.54, 1.807) is 0 Å². The first-order valence-electron chi connectivity index (χ1n) is 10.2. The van der Waals surface area contributed by atoms with Gasteiger partial charge >= 0.3 is 6.16 Å². The summed E-state index contributed by atoms with van der Waals surface area (Å²) in [5.41, 5.74) is 1.75. The standard InChI is InChI=1S/C25H22O5.CH3Br/c1-2-25(30-24(27)28-17-19(16-26)18-10-4-3-5-11-18)20-12-6-8-14-22(20)29-23-15-9-7-13-21(23)25;1-2/h3-16,26H,2,17H2,1H3;1H3. The number of para-hydroxylation sites is 2. The van der Waals surface area contributed by atoms with Gasteiger partial charge in [0.25, 0.3) is 0 Å². The number of carbonyl (C=O) groups is 1. The van der Waals surface area contributed by atoms with Crippen LogP contribution < -0.4 is 4.74 Å². The fourth-order valence-electron chi connectivity index (χ4n) is 3.76. The maximum absolute atomic E-state index is 12.8. The Kier molecular flexibility index (Phi) is 7.95. The summed E-state index contributed by atoms with van der Waals surface area (Å²) in [5.74, 6) is 3.10. The monoisotopic (exact) mass is 496 g/mol. The molecule has 0 atom stereocenters. The van der Waals surface area contributed by atoms with Gasteiger partial charge in [-0.1, -0.05) is 89.6 Å². The average Bonchev–Trinajstić information content (AvgIpc) is 2.86. The summed E-state index contributed by atoms with van der Waals surface area (Å²) in [7, 11) is 0. The lowest BCUT2D eigenvalue weighted by molar-refractivity contribution is -0.0187. The lowest BCUT2D eigenvalue weighted by atomic mass is 9.81. The summed E-state index contributed by atoms with van der Waals surface area (Å²) < 4.78 is 17.4. The van der Waals surface area contributed by atoms with Crippen LogP contribution in [0, 0.1) is 0 Å². The minimum Gasteiger partial charge on any atom is -0.515 e. The van der Waals surface area contributed by atoms with Crippen molar-refractivity contribution in [3.8, 4) is 11.5 Å². The molecule has 166 valence electrons. The zero-order valence-electron chi connectivity index (χ0n) is 18.0. The number of alkyl halides is 1. The fraction of sp³-hybridized carbons (Fsp3) is 0.192. The number of carbonyl (C=O) groups excluding carboxylic acids is 1. The number of benzene rings is 3. The highest BCUT2D eigenvalue weighted by atomic mass is 79.9. The molecule has 0 saturated carbocycles. The SMILES string of the molecule is CBr.CCC1(OC(=O)OCC(=CO)c2ccccc2)c2ccccc2Oc2ccccc21. The molecule has 6 heteroatoms. The van der Waals surface area contributed by atoms with Crippen LogP contribution in [0.3, 0.4) is 0 Å². The van der Waals surface area contributed by atoms with E-state index in [-0.39, 0.29) is 6.61 Å². The van der Waals surface area contributed by atoms with Crippen LogP contribution in [0.15, 0.2) is 85.1 Å². The second kappa shape index (κ2) is 10.9. The third-order valence-electron chi connectivity index (χ3n) is 5.27. The van der Waals surface area contributed by atoms with Gasteiger partial charge in [-0.15, -0.1) is 0 Å². The molecule has 0 radical (unpaired) electrons. The first kappa shape index (κ1) is 23.4. The minimum absolute atomic E-state index is 0.112. The number of hydrogen-bond acceptors (Lipinski definition) is 5. The van der Waals surface area contributed by atoms with E-state index >= 15 is 0 Å². The van der Waals surface area contributed by atoms with E-state index in [2.05, 4.69) is 15.9 Å². The molecule has 1 aliphatic heterocycles. The summed E-state index contributed by atoms with van der Waals surface area (Å²) in [6.45, 7) is 1.84. The van der Waals surface area contributed by atoms with E-state index in [4.69, 9.17) is 14.2 Å². The molecule has 0 spiro atoms. The second-order valence-electron chi connectivity index (χ2n) is 6.94. The van der Waals surface area contributed by atoms with Gasteiger partial charge in [-0.3, -0.25) is 0 Å². The van der Waals surface area contributed by atoms with Crippen molar-refractivity contribution in [1.82, 2.24) is 0 Å². The number of aliphatic hydroxyl groups is 1. The van der Waals surface area contributed by atoms with Crippen molar-refractivity contribution in [3.63, 3.8) is 0 Å². The van der Waals surface area contributed by atoms with Crippen molar-refractivity contribution in [2.24, 2.45) is 0 Å². The molecule has 1 heterocycles. The van der Waals surface area contributed by atoms with Gasteiger partial charge in [-0.25, -0.2) is 4.79 Å². The molecule has 0 saturated heterocycles. The molecular weight excluding hydrogens is 472 g/mol. The quantitative estimate of drug-likeness (QED) is 0.229. The van der Waals surface area contributed by atoms with Crippen molar-refractivity contribution in [2.45, 2.75) is 18.9 Å². The molecule has 1 aliphatic rings. The van der Waals surface area contributed by atoms with Crippen LogP contribution in [0.4, 0.5) is 4.79 Å². The second-order valence-corrected chi connectivity index (χ2v) is 6.94. The Bertz CT molecular complexity index is 1030. The van der Waals surface area contributed by atoms with Crippen LogP contribution in [0.25, 0.3) is 5.57 Å². The Hall–Kier alpha value is -3.25. The fourth-order valence-corrected chi connectivity index (χ4v) is 3.76. The lowest BCUT2D eigenvalue weighted by Crippen LogP contribution is -2.36. The van der Waals surface area contributed by atoms with E-state index in [0.29, 0.717) is 23.5 Å². The predicted octanol–water partition coefficient (Wildman–Crippen LogP) is 7.21. The Morgan fingerprint density at radius 2 is 1.47 bits per heavy atom. The first-order chi connectivity index (χ1) is 15.7. The van der Waals surface area contributed by atoms with Crippen molar-refractivity contribution >= 4 is 27.7 Å². The van der Waals surface area contributed by atoms with E-state index in [1.807, 2.05) is 91.6 Å². The maximum atomic E-state index is 12.8. The molecule has 5 nitrogen and oxygen atoms in total. The summed E-state index contributed by atoms with van der Waals surface area (Å²) >= 11 is 2.94. The van der Waals surface area contributed by atoms with E-state index in [1.165, 1.54) is 0 Å². The highest BCUT2D eigenvalue weighted by Crippen LogP contribution is 2.50. The maximum Gasteiger partial charge on any atom is 0.509 e. The molecule has 0 bridgehead atoms. The molecule has 0 aliphatic carbocycles. The molecule has 1 N–H and O–H groups in total. The number of aliphatic hydroxyl groups excluding tert-OH is 1. The zero-order valence-corrected chi connectivity index (χ0v) is 19.5. The van der Waals surface area contributed by atoms with Crippen LogP contribution in [-0.4, -0.2) is 23.7 Å². The van der Waals surface area contributed by atoms with E-state index in [0.717, 1.165) is 23.0 Å². The number of halogens is 1. The topological polar surface area (TPSA) is 65.0 Å². The number of hydrogen-bond donors (Lipinski definition) is 1. The largest absolute Gasteiger partial charge is 0.515 e. The highest BCUT2D eigenvalue weighted by Gasteiger charge is 2.44. The molecule has 0 amide bonds. The molecular formula is C26H25BrO5. The Morgan fingerprint density at radius 1 is 0.938 bits per heavy atom. The van der Waals surface area contributed by atoms with Crippen molar-refractivity contribution in [1.29, 1.82) is 0 Å². The van der Waals surface area contributed by atoms with Crippen molar-refractivity contribution in [2.75, 3.05) is 12.4 Å². The molecule has 0 aromatic heterocycles. The molecule has 3 aromatic rings. The molecule has 3 aromatic carbocycles. The van der Waals surface area contributed by atoms with E-state index in [9.17, 15) is 9.90 Å². The van der Waals surface area contributed by atoms with Gasteiger partial charge in [0.15, 0.2) is 5.60 Å². The Balaban J connectivity index is 0.00000141. The lowest BCUT2D eigenvalue weighted by Gasteiger charge is -2.38. The number of rotatable bonds is 5. The van der Waals surface area contributed by atoms with Gasteiger partial charge in [0.1, 0.15) is 18.1 Å². The summed E-state index contributed by atoms with van der Waals surface area (Å²) in [5, 5.41) is 9.56. The van der Waals surface area contributed by atoms with Crippen LogP contribution >= 0.6 is 15.9 Å². The van der Waals surface area contributed by atoms with Gasteiger partial charge in [0, 0.05) is 16.7 Å². The van der Waals surface area contributed by atoms with Gasteiger partial charge in [-0.05, 0) is 30.0 Å². The minimum atomic E-state index is -1.03. The predicted molar refractivity (Wildman–Crippen MR) is 128 cm³/mol. The van der Waals surface area contributed by atoms with Crippen LogP contribution in [0.2, 0.25) is 0 Å². The molecule has 4 rings (SSSR count). The Morgan fingerprint density at radius 3 is 2.00 bits per heavy atom. The third-order valence-corrected chi connectivity index (χ3v) is 5.27. The van der Waals surface area contributed by atoms with Crippen LogP contribution in [0.5, 0.6) is 11.5 Å². The highest BCUT2D eigenvalue weighted by molar-refractivity contribution is 9.08. The average molecular weight is 497 g/mol. The molecule has 0 unspecified atom stereocenters. The molecule has 32 heavy (non-hydrogen) atoms. The Labute approximate surface area is 196 Å². The van der Waals surface area contributed by atoms with Crippen molar-refractivity contribution in [3.05, 3.63) is 102 Å². The smallest absolute Gasteiger partial charge is 0.509 e. The summed E-state index contributed by atoms with van der Waals surface area (Å²) in [6.07, 6.45) is 0.622. The molecule has 0 fully saturated rings. The van der Waals surface area contributed by atoms with Crippen LogP contribution in [-0.2, 0) is 15.1 Å². The summed E-state index contributed by atoms with van der Waals surface area (Å²) in [6, 6.07) is 24.2. The summed E-state index contributed by atoms with van der Waals surface area (Å²) in [4.78, 5) is 12.8. The normalized spacial score (nSPS) is 13.4. The van der Waals surface area contributed by atoms with Crippen molar-refractivity contribution < 1.29 is 24.1 Å². The zero-order chi connectivity index (χ0) is 23.0. The third kappa shape index (κ3) is 4.65.